The van der Waals surface area contributed by atoms with Crippen LogP contribution in [-0.2, 0) is 16.0 Å². The van der Waals surface area contributed by atoms with Gasteiger partial charge in [-0.05, 0) is 48.6 Å². The summed E-state index contributed by atoms with van der Waals surface area (Å²) in [6.45, 7) is 0. The highest BCUT2D eigenvalue weighted by molar-refractivity contribution is 5.99. The van der Waals surface area contributed by atoms with Gasteiger partial charge in [-0.3, -0.25) is 9.78 Å². The molecule has 2 N–H and O–H groups in total. The Bertz CT molecular complexity index is 834. The van der Waals surface area contributed by atoms with Crippen molar-refractivity contribution in [3.05, 3.63) is 47.3 Å². The van der Waals surface area contributed by atoms with Crippen molar-refractivity contribution in [2.24, 2.45) is 0 Å². The van der Waals surface area contributed by atoms with Gasteiger partial charge in [-0.25, -0.2) is 9.78 Å². The van der Waals surface area contributed by atoms with Crippen LogP contribution in [-0.4, -0.2) is 40.0 Å². The van der Waals surface area contributed by atoms with Crippen LogP contribution < -0.4 is 5.32 Å². The van der Waals surface area contributed by atoms with Gasteiger partial charge in [0.2, 0.25) is 0 Å². The molecule has 2 aliphatic rings. The molecular weight excluding hydrogens is 380 g/mol. The Kier molecular flexibility index (Phi) is 6.45. The van der Waals surface area contributed by atoms with Gasteiger partial charge in [-0.1, -0.05) is 25.7 Å². The monoisotopic (exact) mass is 410 g/mol. The topological polar surface area (TPSA) is 97.0 Å². The molecule has 0 radical (unpaired) electrons. The summed E-state index contributed by atoms with van der Waals surface area (Å²) < 4.78 is 4.96. The Labute approximate surface area is 177 Å². The summed E-state index contributed by atoms with van der Waals surface area (Å²) in [5.74, 6) is 0.0699. The van der Waals surface area contributed by atoms with Crippen molar-refractivity contribution < 1.29 is 14.3 Å². The van der Waals surface area contributed by atoms with Crippen molar-refractivity contribution in [2.45, 2.75) is 75.7 Å². The molecule has 2 aromatic rings. The number of methoxy groups -OCH3 is 1. The number of amides is 1. The predicted molar refractivity (Wildman–Crippen MR) is 112 cm³/mol. The van der Waals surface area contributed by atoms with Crippen LogP contribution in [0.5, 0.6) is 0 Å². The average molecular weight is 411 g/mol. The normalized spacial score (nSPS) is 18.4. The van der Waals surface area contributed by atoms with E-state index in [0.717, 1.165) is 48.1 Å². The number of pyridine rings is 1. The van der Waals surface area contributed by atoms with Crippen molar-refractivity contribution in [3.8, 4) is 0 Å². The van der Waals surface area contributed by atoms with E-state index in [9.17, 15) is 9.59 Å². The number of hydrogen-bond donors (Lipinski definition) is 2. The Morgan fingerprint density at radius 1 is 1.03 bits per heavy atom. The molecule has 2 saturated carbocycles. The maximum Gasteiger partial charge on any atom is 0.328 e. The molecular formula is C23H30N4O3. The summed E-state index contributed by atoms with van der Waals surface area (Å²) >= 11 is 0. The maximum atomic E-state index is 13.6. The van der Waals surface area contributed by atoms with E-state index in [1.165, 1.54) is 32.8 Å². The van der Waals surface area contributed by atoms with E-state index in [0.29, 0.717) is 18.3 Å². The fourth-order valence-electron chi connectivity index (χ4n) is 5.03. The number of rotatable bonds is 7. The number of ether oxygens (including phenoxy) is 1. The number of nitrogens with one attached hydrogen (secondary N) is 2. The van der Waals surface area contributed by atoms with Crippen LogP contribution in [0, 0.1) is 0 Å². The molecule has 0 saturated heterocycles. The number of aromatic nitrogens is 3. The third-order valence-electron chi connectivity index (χ3n) is 6.59. The van der Waals surface area contributed by atoms with Gasteiger partial charge < -0.3 is 15.0 Å². The predicted octanol–water partition coefficient (Wildman–Crippen LogP) is 3.63. The van der Waals surface area contributed by atoms with Crippen LogP contribution in [0.1, 0.15) is 90.4 Å². The molecule has 0 aliphatic heterocycles. The largest absolute Gasteiger partial charge is 0.467 e. The molecule has 0 spiro atoms. The average Bonchev–Trinajstić information content (AvgIpc) is 3.55. The third kappa shape index (κ3) is 4.40. The Hall–Kier alpha value is -2.70. The van der Waals surface area contributed by atoms with E-state index in [2.05, 4.69) is 20.3 Å². The first-order chi connectivity index (χ1) is 14.7. The van der Waals surface area contributed by atoms with E-state index < -0.39 is 12.0 Å². The molecule has 0 aromatic carbocycles. The summed E-state index contributed by atoms with van der Waals surface area (Å²) in [6, 6.07) is -0.774. The molecule has 7 heteroatoms. The fraction of sp³-hybridized carbons (Fsp3) is 0.565. The van der Waals surface area contributed by atoms with E-state index >= 15 is 0 Å². The second-order valence-electron chi connectivity index (χ2n) is 8.49. The molecule has 2 heterocycles. The van der Waals surface area contributed by atoms with Gasteiger partial charge >= 0.3 is 5.97 Å². The molecule has 2 fully saturated rings. The van der Waals surface area contributed by atoms with Crippen LogP contribution in [0.2, 0.25) is 0 Å². The summed E-state index contributed by atoms with van der Waals surface area (Å²) in [5, 5.41) is 2.96. The zero-order valence-electron chi connectivity index (χ0n) is 17.5. The molecule has 1 amide bonds. The van der Waals surface area contributed by atoms with Gasteiger partial charge in [0.25, 0.3) is 5.91 Å². The lowest BCUT2D eigenvalue weighted by molar-refractivity contribution is -0.142. The van der Waals surface area contributed by atoms with Crippen molar-refractivity contribution in [1.82, 2.24) is 20.3 Å². The number of esters is 1. The van der Waals surface area contributed by atoms with E-state index in [4.69, 9.17) is 4.74 Å². The Morgan fingerprint density at radius 2 is 1.63 bits per heavy atom. The van der Waals surface area contributed by atoms with E-state index in [1.54, 1.807) is 12.5 Å². The van der Waals surface area contributed by atoms with E-state index in [-0.39, 0.29) is 5.91 Å². The van der Waals surface area contributed by atoms with Gasteiger partial charge in [0, 0.05) is 36.3 Å². The zero-order chi connectivity index (χ0) is 20.9. The van der Waals surface area contributed by atoms with Gasteiger partial charge in [-0.15, -0.1) is 0 Å². The highest BCUT2D eigenvalue weighted by Crippen LogP contribution is 2.41. The molecule has 2 aromatic heterocycles. The number of H-pyrrole nitrogens is 1. The molecule has 0 unspecified atom stereocenters. The van der Waals surface area contributed by atoms with Crippen molar-refractivity contribution in [2.75, 3.05) is 7.11 Å². The first kappa shape index (κ1) is 20.6. The number of hydrogen-bond acceptors (Lipinski definition) is 5. The second-order valence-corrected chi connectivity index (χ2v) is 8.49. The standard InChI is InChI=1S/C23H30N4O3/c1-30-23(29)20(10-17-11-25-14-26-17)27-22(28)21-18(15-6-2-3-7-15)12-24-13-19(21)16-8-4-5-9-16/h11-16,20H,2-10H2,1H3,(H,25,26)(H,27,28)/t20-/m1/s1. The van der Waals surface area contributed by atoms with Crippen molar-refractivity contribution in [1.29, 1.82) is 0 Å². The van der Waals surface area contributed by atoms with Crippen LogP contribution in [0.15, 0.2) is 24.9 Å². The number of carbonyl (C=O) groups is 2. The Balaban J connectivity index is 1.65. The van der Waals surface area contributed by atoms with Crippen LogP contribution in [0.25, 0.3) is 0 Å². The number of nitrogens with zero attached hydrogens (tertiary/aromatic N) is 2. The molecule has 30 heavy (non-hydrogen) atoms. The summed E-state index contributed by atoms with van der Waals surface area (Å²) in [4.78, 5) is 37.5. The number of imidazole rings is 1. The minimum atomic E-state index is -0.774. The van der Waals surface area contributed by atoms with Gasteiger partial charge in [-0.2, -0.15) is 0 Å². The molecule has 160 valence electrons. The molecule has 4 rings (SSSR count). The van der Waals surface area contributed by atoms with Gasteiger partial charge in [0.15, 0.2) is 0 Å². The smallest absolute Gasteiger partial charge is 0.328 e. The highest BCUT2D eigenvalue weighted by Gasteiger charge is 2.31. The minimum absolute atomic E-state index is 0.198. The van der Waals surface area contributed by atoms with Crippen LogP contribution >= 0.6 is 0 Å². The fourth-order valence-corrected chi connectivity index (χ4v) is 5.03. The first-order valence-electron chi connectivity index (χ1n) is 11.0. The van der Waals surface area contributed by atoms with Gasteiger partial charge in [0.05, 0.1) is 13.4 Å². The lowest BCUT2D eigenvalue weighted by Gasteiger charge is -2.23. The first-order valence-corrected chi connectivity index (χ1v) is 11.0. The second kappa shape index (κ2) is 9.41. The molecule has 7 nitrogen and oxygen atoms in total. The maximum absolute atomic E-state index is 13.6. The van der Waals surface area contributed by atoms with Crippen LogP contribution in [0.3, 0.4) is 0 Å². The van der Waals surface area contributed by atoms with E-state index in [1.807, 2.05) is 12.4 Å². The SMILES string of the molecule is COC(=O)[C@@H](Cc1cnc[nH]1)NC(=O)c1c(C2CCCC2)cncc1C1CCCC1. The molecule has 1 atom stereocenters. The molecule has 2 aliphatic carbocycles. The number of aromatic amines is 1. The summed E-state index contributed by atoms with van der Waals surface area (Å²) in [7, 11) is 1.34. The minimum Gasteiger partial charge on any atom is -0.467 e. The van der Waals surface area contributed by atoms with Crippen LogP contribution in [0.4, 0.5) is 0 Å². The Morgan fingerprint density at radius 3 is 2.13 bits per heavy atom. The lowest BCUT2D eigenvalue weighted by atomic mass is 9.86. The zero-order valence-corrected chi connectivity index (χ0v) is 17.5. The molecule has 0 bridgehead atoms. The lowest BCUT2D eigenvalue weighted by Crippen LogP contribution is -2.43. The summed E-state index contributed by atoms with van der Waals surface area (Å²) in [5.41, 5.74) is 3.59. The summed E-state index contributed by atoms with van der Waals surface area (Å²) in [6.07, 6.45) is 16.3. The van der Waals surface area contributed by atoms with Gasteiger partial charge in [0.1, 0.15) is 6.04 Å². The van der Waals surface area contributed by atoms with Crippen molar-refractivity contribution in [3.63, 3.8) is 0 Å². The quantitative estimate of drug-likeness (QED) is 0.680. The third-order valence-corrected chi connectivity index (χ3v) is 6.59. The highest BCUT2D eigenvalue weighted by atomic mass is 16.5. The van der Waals surface area contributed by atoms with Crippen molar-refractivity contribution >= 4 is 11.9 Å². The number of carbonyl (C=O) groups excluding carboxylic acids is 2.